The SMILES string of the molecule is CC(C)N(C(=O)CSc1nnc([C@@H](C)N2CCCCC2)n1-c1ccc(F)cc1)C(C)C. The van der Waals surface area contributed by atoms with Gasteiger partial charge in [0.1, 0.15) is 5.82 Å². The monoisotopic (exact) mass is 447 g/mol. The minimum absolute atomic E-state index is 0.0780. The van der Waals surface area contributed by atoms with Gasteiger partial charge in [-0.3, -0.25) is 14.3 Å². The summed E-state index contributed by atoms with van der Waals surface area (Å²) < 4.78 is 15.5. The fourth-order valence-corrected chi connectivity index (χ4v) is 5.15. The van der Waals surface area contributed by atoms with Crippen molar-refractivity contribution in [2.45, 2.75) is 77.2 Å². The zero-order valence-corrected chi connectivity index (χ0v) is 20.0. The number of nitrogens with zero attached hydrogens (tertiary/aromatic N) is 5. The molecule has 0 aliphatic carbocycles. The molecular weight excluding hydrogens is 413 g/mol. The lowest BCUT2D eigenvalue weighted by atomic mass is 10.1. The average Bonchev–Trinajstić information content (AvgIpc) is 3.16. The Balaban J connectivity index is 1.88. The van der Waals surface area contributed by atoms with Gasteiger partial charge in [-0.05, 0) is 84.8 Å². The fourth-order valence-electron chi connectivity index (χ4n) is 4.32. The first kappa shape index (κ1) is 23.7. The second-order valence-corrected chi connectivity index (χ2v) is 9.64. The highest BCUT2D eigenvalue weighted by atomic mass is 32.2. The first-order chi connectivity index (χ1) is 14.8. The molecule has 1 aromatic carbocycles. The highest BCUT2D eigenvalue weighted by molar-refractivity contribution is 7.99. The van der Waals surface area contributed by atoms with E-state index in [1.165, 1.54) is 43.2 Å². The third-order valence-corrected chi connectivity index (χ3v) is 6.69. The van der Waals surface area contributed by atoms with Gasteiger partial charge in [0.05, 0.1) is 11.8 Å². The maximum Gasteiger partial charge on any atom is 0.233 e. The van der Waals surface area contributed by atoms with Crippen LogP contribution < -0.4 is 0 Å². The Bertz CT molecular complexity index is 853. The lowest BCUT2D eigenvalue weighted by Crippen LogP contribution is -2.43. The number of halogens is 1. The van der Waals surface area contributed by atoms with Crippen molar-refractivity contribution in [3.63, 3.8) is 0 Å². The number of hydrogen-bond donors (Lipinski definition) is 0. The predicted octanol–water partition coefficient (Wildman–Crippen LogP) is 4.69. The molecule has 2 aromatic rings. The van der Waals surface area contributed by atoms with Crippen molar-refractivity contribution >= 4 is 17.7 Å². The van der Waals surface area contributed by atoms with Crippen LogP contribution in [-0.2, 0) is 4.79 Å². The minimum atomic E-state index is -0.281. The zero-order chi connectivity index (χ0) is 22.5. The van der Waals surface area contributed by atoms with Crippen molar-refractivity contribution in [2.24, 2.45) is 0 Å². The topological polar surface area (TPSA) is 54.3 Å². The van der Waals surface area contributed by atoms with E-state index in [0.717, 1.165) is 24.6 Å². The van der Waals surface area contributed by atoms with Crippen LogP contribution in [0.2, 0.25) is 0 Å². The Kier molecular flexibility index (Phi) is 8.11. The Morgan fingerprint density at radius 2 is 1.65 bits per heavy atom. The summed E-state index contributed by atoms with van der Waals surface area (Å²) in [6.07, 6.45) is 3.63. The van der Waals surface area contributed by atoms with Gasteiger partial charge in [0.15, 0.2) is 11.0 Å². The molecule has 1 aliphatic heterocycles. The largest absolute Gasteiger partial charge is 0.337 e. The average molecular weight is 448 g/mol. The van der Waals surface area contributed by atoms with Crippen molar-refractivity contribution in [2.75, 3.05) is 18.8 Å². The Morgan fingerprint density at radius 3 is 2.23 bits per heavy atom. The second kappa shape index (κ2) is 10.6. The van der Waals surface area contributed by atoms with E-state index in [2.05, 4.69) is 22.0 Å². The molecule has 1 amide bonds. The van der Waals surface area contributed by atoms with Crippen LogP contribution in [0.1, 0.15) is 65.7 Å². The maximum absolute atomic E-state index is 13.6. The number of carbonyl (C=O) groups is 1. The molecule has 0 radical (unpaired) electrons. The summed E-state index contributed by atoms with van der Waals surface area (Å²) in [6, 6.07) is 6.74. The van der Waals surface area contributed by atoms with Crippen LogP contribution in [-0.4, -0.2) is 61.4 Å². The van der Waals surface area contributed by atoms with Crippen molar-refractivity contribution in [3.05, 3.63) is 35.9 Å². The van der Waals surface area contributed by atoms with E-state index in [0.29, 0.717) is 5.16 Å². The number of likely N-dealkylation sites (tertiary alicyclic amines) is 1. The van der Waals surface area contributed by atoms with E-state index in [4.69, 9.17) is 0 Å². The van der Waals surface area contributed by atoms with E-state index < -0.39 is 0 Å². The van der Waals surface area contributed by atoms with Gasteiger partial charge in [0, 0.05) is 17.8 Å². The van der Waals surface area contributed by atoms with Gasteiger partial charge in [-0.1, -0.05) is 18.2 Å². The van der Waals surface area contributed by atoms with Crippen LogP contribution in [0.15, 0.2) is 29.4 Å². The van der Waals surface area contributed by atoms with E-state index in [9.17, 15) is 9.18 Å². The van der Waals surface area contributed by atoms with Gasteiger partial charge >= 0.3 is 0 Å². The fraction of sp³-hybridized carbons (Fsp3) is 0.609. The summed E-state index contributed by atoms with van der Waals surface area (Å²) in [5.74, 6) is 0.909. The number of aromatic nitrogens is 3. The van der Waals surface area contributed by atoms with Gasteiger partial charge in [0.2, 0.25) is 5.91 Å². The lowest BCUT2D eigenvalue weighted by molar-refractivity contribution is -0.131. The lowest BCUT2D eigenvalue weighted by Gasteiger charge is -2.32. The van der Waals surface area contributed by atoms with Crippen LogP contribution in [0.3, 0.4) is 0 Å². The van der Waals surface area contributed by atoms with Crippen molar-refractivity contribution < 1.29 is 9.18 Å². The molecule has 1 aliphatic rings. The van der Waals surface area contributed by atoms with Crippen molar-refractivity contribution in [3.8, 4) is 5.69 Å². The summed E-state index contributed by atoms with van der Waals surface area (Å²) in [5.41, 5.74) is 0.810. The molecule has 0 saturated carbocycles. The number of amides is 1. The molecule has 8 heteroatoms. The van der Waals surface area contributed by atoms with Crippen LogP contribution >= 0.6 is 11.8 Å². The minimum Gasteiger partial charge on any atom is -0.337 e. The smallest absolute Gasteiger partial charge is 0.233 e. The Hall–Kier alpha value is -1.93. The highest BCUT2D eigenvalue weighted by Crippen LogP contribution is 2.29. The molecule has 1 saturated heterocycles. The highest BCUT2D eigenvalue weighted by Gasteiger charge is 2.27. The van der Waals surface area contributed by atoms with Crippen LogP contribution in [0.4, 0.5) is 4.39 Å². The van der Waals surface area contributed by atoms with Crippen molar-refractivity contribution in [1.82, 2.24) is 24.6 Å². The summed E-state index contributed by atoms with van der Waals surface area (Å²) >= 11 is 1.39. The number of piperidine rings is 1. The van der Waals surface area contributed by atoms with Gasteiger partial charge in [0.25, 0.3) is 0 Å². The van der Waals surface area contributed by atoms with Gasteiger partial charge < -0.3 is 4.90 Å². The molecule has 0 N–H and O–H groups in total. The third-order valence-electron chi connectivity index (χ3n) is 5.78. The number of rotatable bonds is 8. The second-order valence-electron chi connectivity index (χ2n) is 8.70. The van der Waals surface area contributed by atoms with E-state index in [1.54, 1.807) is 12.1 Å². The molecular formula is C23H34FN5OS. The molecule has 2 heterocycles. The third kappa shape index (κ3) is 5.66. The van der Waals surface area contributed by atoms with Crippen LogP contribution in [0, 0.1) is 5.82 Å². The van der Waals surface area contributed by atoms with Crippen LogP contribution in [0.25, 0.3) is 5.69 Å². The molecule has 170 valence electrons. The van der Waals surface area contributed by atoms with Crippen LogP contribution in [0.5, 0.6) is 0 Å². The van der Waals surface area contributed by atoms with Gasteiger partial charge in [-0.25, -0.2) is 4.39 Å². The summed E-state index contributed by atoms with van der Waals surface area (Å²) in [7, 11) is 0. The molecule has 31 heavy (non-hydrogen) atoms. The molecule has 6 nitrogen and oxygen atoms in total. The van der Waals surface area contributed by atoms with Gasteiger partial charge in [-0.15, -0.1) is 10.2 Å². The molecule has 1 aromatic heterocycles. The summed E-state index contributed by atoms with van der Waals surface area (Å²) in [6.45, 7) is 12.3. The predicted molar refractivity (Wildman–Crippen MR) is 123 cm³/mol. The molecule has 0 spiro atoms. The molecule has 1 fully saturated rings. The number of benzene rings is 1. The number of hydrogen-bond acceptors (Lipinski definition) is 5. The molecule has 1 atom stereocenters. The molecule has 3 rings (SSSR count). The Labute approximate surface area is 189 Å². The van der Waals surface area contributed by atoms with Gasteiger partial charge in [-0.2, -0.15) is 0 Å². The number of thioether (sulfide) groups is 1. The van der Waals surface area contributed by atoms with E-state index in [-0.39, 0.29) is 35.6 Å². The molecule has 0 unspecified atom stereocenters. The van der Waals surface area contributed by atoms with E-state index in [1.807, 2.05) is 37.2 Å². The standard InChI is InChI=1S/C23H34FN5OS/c1-16(2)28(17(3)4)21(30)15-31-23-26-25-22(18(5)27-13-7-6-8-14-27)29(23)20-11-9-19(24)10-12-20/h9-12,16-18H,6-8,13-15H2,1-5H3/t18-/m1/s1. The summed E-state index contributed by atoms with van der Waals surface area (Å²) in [4.78, 5) is 17.2. The maximum atomic E-state index is 13.6. The van der Waals surface area contributed by atoms with E-state index >= 15 is 0 Å². The quantitative estimate of drug-likeness (QED) is 0.550. The normalized spacial score (nSPS) is 16.1. The first-order valence-corrected chi connectivity index (χ1v) is 12.2. The zero-order valence-electron chi connectivity index (χ0n) is 19.2. The van der Waals surface area contributed by atoms with Crippen molar-refractivity contribution in [1.29, 1.82) is 0 Å². The first-order valence-electron chi connectivity index (χ1n) is 11.2. The molecule has 0 bridgehead atoms. The Morgan fingerprint density at radius 1 is 1.03 bits per heavy atom. The summed E-state index contributed by atoms with van der Waals surface area (Å²) in [5, 5.41) is 9.61. The number of carbonyl (C=O) groups excluding carboxylic acids is 1.